The first-order valence-electron chi connectivity index (χ1n) is 10.7. The van der Waals surface area contributed by atoms with E-state index in [1.54, 1.807) is 11.8 Å². The highest BCUT2D eigenvalue weighted by Crippen LogP contribution is 2.28. The average molecular weight is 463 g/mol. The number of halogens is 1. The fraction of sp³-hybridized carbons (Fsp3) is 0.240. The van der Waals surface area contributed by atoms with E-state index < -0.39 is 0 Å². The quantitative estimate of drug-likeness (QED) is 0.357. The van der Waals surface area contributed by atoms with Crippen molar-refractivity contribution < 1.29 is 4.79 Å². The predicted molar refractivity (Wildman–Crippen MR) is 128 cm³/mol. The van der Waals surface area contributed by atoms with E-state index in [1.807, 2.05) is 82.2 Å². The van der Waals surface area contributed by atoms with Gasteiger partial charge in [-0.2, -0.15) is 0 Å². The highest BCUT2D eigenvalue weighted by atomic mass is 35.5. The number of carbonyl (C=O) groups is 1. The minimum absolute atomic E-state index is 0.0837. The summed E-state index contributed by atoms with van der Waals surface area (Å²) in [5.74, 6) is 2.07. The first-order chi connectivity index (χ1) is 15.7. The lowest BCUT2D eigenvalue weighted by Crippen LogP contribution is -2.39. The summed E-state index contributed by atoms with van der Waals surface area (Å²) in [5.41, 5.74) is 2.77. The van der Waals surface area contributed by atoms with Gasteiger partial charge in [-0.25, -0.2) is 0 Å². The SMILES string of the molecule is O=C(c1ccc(CSc2ccc(Cl)cc2)cc1)N1CCC[C@H](c2nnc3ccccn23)C1. The van der Waals surface area contributed by atoms with Gasteiger partial charge in [0.2, 0.25) is 0 Å². The van der Waals surface area contributed by atoms with Crippen LogP contribution in [0.1, 0.15) is 40.5 Å². The molecule has 0 bridgehead atoms. The Morgan fingerprint density at radius 1 is 1.03 bits per heavy atom. The van der Waals surface area contributed by atoms with Gasteiger partial charge >= 0.3 is 0 Å². The lowest BCUT2D eigenvalue weighted by molar-refractivity contribution is 0.0704. The van der Waals surface area contributed by atoms with Crippen LogP contribution in [0.2, 0.25) is 5.02 Å². The smallest absolute Gasteiger partial charge is 0.253 e. The third-order valence-electron chi connectivity index (χ3n) is 5.83. The number of fused-ring (bicyclic) bond motifs is 1. The Morgan fingerprint density at radius 2 is 1.84 bits per heavy atom. The fourth-order valence-corrected chi connectivity index (χ4v) is 5.11. The average Bonchev–Trinajstić information content (AvgIpc) is 3.28. The molecule has 4 aromatic rings. The number of benzene rings is 2. The summed E-state index contributed by atoms with van der Waals surface area (Å²) in [4.78, 5) is 16.3. The van der Waals surface area contributed by atoms with E-state index in [2.05, 4.69) is 10.2 Å². The van der Waals surface area contributed by atoms with Crippen molar-refractivity contribution in [1.82, 2.24) is 19.5 Å². The third-order valence-corrected chi connectivity index (χ3v) is 7.17. The van der Waals surface area contributed by atoms with E-state index in [0.717, 1.165) is 47.2 Å². The molecular formula is C25H23ClN4OS. The highest BCUT2D eigenvalue weighted by molar-refractivity contribution is 7.98. The summed E-state index contributed by atoms with van der Waals surface area (Å²) < 4.78 is 2.03. The number of aromatic nitrogens is 3. The van der Waals surface area contributed by atoms with Crippen LogP contribution < -0.4 is 0 Å². The molecule has 0 N–H and O–H groups in total. The second kappa shape index (κ2) is 9.35. The Hall–Kier alpha value is -2.83. The summed E-state index contributed by atoms with van der Waals surface area (Å²) in [7, 11) is 0. The van der Waals surface area contributed by atoms with E-state index in [9.17, 15) is 4.79 Å². The van der Waals surface area contributed by atoms with Crippen LogP contribution in [-0.2, 0) is 5.75 Å². The van der Waals surface area contributed by atoms with E-state index >= 15 is 0 Å². The van der Waals surface area contributed by atoms with Crippen molar-refractivity contribution >= 4 is 34.9 Å². The number of hydrogen-bond donors (Lipinski definition) is 0. The monoisotopic (exact) mass is 462 g/mol. The Balaban J connectivity index is 1.24. The molecule has 5 nitrogen and oxygen atoms in total. The van der Waals surface area contributed by atoms with Crippen LogP contribution in [0.5, 0.6) is 0 Å². The zero-order valence-electron chi connectivity index (χ0n) is 17.5. The van der Waals surface area contributed by atoms with E-state index in [1.165, 1.54) is 10.5 Å². The molecule has 1 fully saturated rings. The zero-order valence-corrected chi connectivity index (χ0v) is 19.1. The Morgan fingerprint density at radius 3 is 2.66 bits per heavy atom. The van der Waals surface area contributed by atoms with Gasteiger partial charge in [-0.3, -0.25) is 9.20 Å². The van der Waals surface area contributed by atoms with E-state index in [4.69, 9.17) is 11.6 Å². The van der Waals surface area contributed by atoms with Crippen molar-refractivity contribution in [3.05, 3.63) is 94.9 Å². The standard InChI is InChI=1S/C25H23ClN4OS/c26-21-10-12-22(13-11-21)32-17-18-6-8-19(9-7-18)25(31)29-14-3-4-20(16-29)24-28-27-23-5-1-2-15-30(23)24/h1-2,5-13,15,20H,3-4,14,16-17H2/t20-/m0/s1. The number of rotatable bonds is 5. The summed E-state index contributed by atoms with van der Waals surface area (Å²) >= 11 is 7.71. The topological polar surface area (TPSA) is 50.5 Å². The van der Waals surface area contributed by atoms with Crippen LogP contribution in [-0.4, -0.2) is 38.5 Å². The minimum atomic E-state index is 0.0837. The zero-order chi connectivity index (χ0) is 21.9. The van der Waals surface area contributed by atoms with Crippen molar-refractivity contribution in [2.75, 3.05) is 13.1 Å². The van der Waals surface area contributed by atoms with Crippen LogP contribution in [0.4, 0.5) is 0 Å². The summed E-state index contributed by atoms with van der Waals surface area (Å²) in [6.45, 7) is 1.45. The summed E-state index contributed by atoms with van der Waals surface area (Å²) in [6.07, 6.45) is 3.97. The Kier molecular flexibility index (Phi) is 6.14. The highest BCUT2D eigenvalue weighted by Gasteiger charge is 2.28. The molecule has 1 aliphatic heterocycles. The van der Waals surface area contributed by atoms with E-state index in [0.29, 0.717) is 6.54 Å². The molecule has 0 radical (unpaired) electrons. The number of amides is 1. The molecular weight excluding hydrogens is 440 g/mol. The number of carbonyl (C=O) groups excluding carboxylic acids is 1. The molecule has 1 saturated heterocycles. The summed E-state index contributed by atoms with van der Waals surface area (Å²) in [5, 5.41) is 9.43. The van der Waals surface area contributed by atoms with Gasteiger partial charge in [-0.1, -0.05) is 29.8 Å². The molecule has 2 aromatic heterocycles. The number of thioether (sulfide) groups is 1. The van der Waals surface area contributed by atoms with E-state index in [-0.39, 0.29) is 11.8 Å². The fourth-order valence-electron chi connectivity index (χ4n) is 4.13. The lowest BCUT2D eigenvalue weighted by Gasteiger charge is -2.32. The maximum atomic E-state index is 13.2. The normalized spacial score (nSPS) is 16.4. The van der Waals surface area contributed by atoms with Gasteiger partial charge in [-0.15, -0.1) is 22.0 Å². The molecule has 0 saturated carbocycles. The number of hydrogen-bond acceptors (Lipinski definition) is 4. The van der Waals surface area contributed by atoms with Crippen LogP contribution >= 0.6 is 23.4 Å². The Labute approximate surface area is 196 Å². The van der Waals surface area contributed by atoms with Gasteiger partial charge in [0.15, 0.2) is 5.65 Å². The second-order valence-electron chi connectivity index (χ2n) is 8.02. The van der Waals surface area contributed by atoms with Crippen LogP contribution in [0.3, 0.4) is 0 Å². The van der Waals surface area contributed by atoms with Crippen LogP contribution in [0.15, 0.2) is 77.8 Å². The molecule has 0 aliphatic carbocycles. The number of nitrogens with zero attached hydrogens (tertiary/aromatic N) is 4. The molecule has 162 valence electrons. The molecule has 7 heteroatoms. The molecule has 3 heterocycles. The van der Waals surface area contributed by atoms with Gasteiger partial charge in [-0.05, 0) is 66.9 Å². The molecule has 2 aromatic carbocycles. The van der Waals surface area contributed by atoms with Gasteiger partial charge in [0.05, 0.1) is 0 Å². The number of piperidine rings is 1. The number of likely N-dealkylation sites (tertiary alicyclic amines) is 1. The van der Waals surface area contributed by atoms with Crippen LogP contribution in [0, 0.1) is 0 Å². The van der Waals surface area contributed by atoms with Gasteiger partial charge < -0.3 is 4.90 Å². The molecule has 0 spiro atoms. The van der Waals surface area contributed by atoms with Crippen LogP contribution in [0.25, 0.3) is 5.65 Å². The molecule has 32 heavy (non-hydrogen) atoms. The molecule has 5 rings (SSSR count). The van der Waals surface area contributed by atoms with Crippen molar-refractivity contribution in [3.8, 4) is 0 Å². The number of pyridine rings is 1. The molecule has 1 atom stereocenters. The minimum Gasteiger partial charge on any atom is -0.338 e. The largest absolute Gasteiger partial charge is 0.338 e. The van der Waals surface area contributed by atoms with Crippen molar-refractivity contribution in [2.24, 2.45) is 0 Å². The second-order valence-corrected chi connectivity index (χ2v) is 9.50. The first-order valence-corrected chi connectivity index (χ1v) is 12.1. The maximum Gasteiger partial charge on any atom is 0.253 e. The Bertz CT molecular complexity index is 1220. The first kappa shape index (κ1) is 21.0. The van der Waals surface area contributed by atoms with Crippen molar-refractivity contribution in [3.63, 3.8) is 0 Å². The van der Waals surface area contributed by atoms with Crippen molar-refractivity contribution in [2.45, 2.75) is 29.4 Å². The lowest BCUT2D eigenvalue weighted by atomic mass is 9.96. The van der Waals surface area contributed by atoms with Gasteiger partial charge in [0.1, 0.15) is 5.82 Å². The van der Waals surface area contributed by atoms with Gasteiger partial charge in [0.25, 0.3) is 5.91 Å². The molecule has 0 unspecified atom stereocenters. The molecule has 1 aliphatic rings. The summed E-state index contributed by atoms with van der Waals surface area (Å²) in [6, 6.07) is 21.7. The molecule has 1 amide bonds. The predicted octanol–water partition coefficient (Wildman–Crippen LogP) is 5.69. The van der Waals surface area contributed by atoms with Crippen molar-refractivity contribution in [1.29, 1.82) is 0 Å². The van der Waals surface area contributed by atoms with Gasteiger partial charge in [0, 0.05) is 46.4 Å². The maximum absolute atomic E-state index is 13.2. The third kappa shape index (κ3) is 4.52.